The van der Waals surface area contributed by atoms with Crippen LogP contribution in [0.4, 0.5) is 5.69 Å². The summed E-state index contributed by atoms with van der Waals surface area (Å²) in [6, 6.07) is 12.9. The first-order valence-electron chi connectivity index (χ1n) is 6.87. The van der Waals surface area contributed by atoms with Gasteiger partial charge in [0.15, 0.2) is 0 Å². The van der Waals surface area contributed by atoms with Crippen LogP contribution in [0.5, 0.6) is 0 Å². The number of nitrogens with one attached hydrogen (secondary N) is 2. The molecule has 0 radical (unpaired) electrons. The summed E-state index contributed by atoms with van der Waals surface area (Å²) in [5.41, 5.74) is 3.13. The van der Waals surface area contributed by atoms with Gasteiger partial charge < -0.3 is 10.4 Å². The molecule has 3 aromatic rings. The number of hydrogen-bond acceptors (Lipinski definition) is 3. The van der Waals surface area contributed by atoms with E-state index in [4.69, 9.17) is 0 Å². The number of amides is 1. The Morgan fingerprint density at radius 2 is 2.14 bits per heavy atom. The third-order valence-electron chi connectivity index (χ3n) is 3.34. The molecule has 5 heteroatoms. The Morgan fingerprint density at radius 3 is 3.00 bits per heavy atom. The largest absolute Gasteiger partial charge is 0.392 e. The quantitative estimate of drug-likeness (QED) is 0.647. The number of H-pyrrole nitrogens is 1. The van der Waals surface area contributed by atoms with E-state index in [1.807, 2.05) is 30.3 Å². The predicted molar refractivity (Wildman–Crippen MR) is 86.1 cm³/mol. The van der Waals surface area contributed by atoms with Gasteiger partial charge in [-0.05, 0) is 23.8 Å². The predicted octanol–water partition coefficient (Wildman–Crippen LogP) is 2.71. The van der Waals surface area contributed by atoms with Crippen LogP contribution in [0.25, 0.3) is 17.0 Å². The molecule has 110 valence electrons. The first-order chi connectivity index (χ1) is 10.8. The van der Waals surface area contributed by atoms with Crippen molar-refractivity contribution in [2.24, 2.45) is 0 Å². The monoisotopic (exact) mass is 293 g/mol. The third kappa shape index (κ3) is 3.05. The van der Waals surface area contributed by atoms with Gasteiger partial charge in [-0.1, -0.05) is 30.3 Å². The van der Waals surface area contributed by atoms with Gasteiger partial charge in [0.25, 0.3) is 0 Å². The molecular formula is C17H15N3O2. The molecular weight excluding hydrogens is 278 g/mol. The molecule has 22 heavy (non-hydrogen) atoms. The van der Waals surface area contributed by atoms with Crippen molar-refractivity contribution in [1.82, 2.24) is 10.2 Å². The number of benzene rings is 2. The summed E-state index contributed by atoms with van der Waals surface area (Å²) in [4.78, 5) is 12.0. The van der Waals surface area contributed by atoms with Crippen molar-refractivity contribution in [1.29, 1.82) is 0 Å². The SMILES string of the molecule is O=C(/C=C/c1ccc2cn[nH]c2c1)Nc1ccccc1CO. The molecule has 0 aliphatic heterocycles. The Labute approximate surface area is 127 Å². The van der Waals surface area contributed by atoms with Gasteiger partial charge in [0.1, 0.15) is 0 Å². The lowest BCUT2D eigenvalue weighted by Crippen LogP contribution is -2.09. The van der Waals surface area contributed by atoms with Crippen molar-refractivity contribution in [2.75, 3.05) is 5.32 Å². The molecule has 3 rings (SSSR count). The lowest BCUT2D eigenvalue weighted by molar-refractivity contribution is -0.111. The second kappa shape index (κ2) is 6.24. The molecule has 0 saturated carbocycles. The number of nitrogens with zero attached hydrogens (tertiary/aromatic N) is 1. The Balaban J connectivity index is 1.73. The number of anilines is 1. The van der Waals surface area contributed by atoms with Crippen LogP contribution in [0, 0.1) is 0 Å². The van der Waals surface area contributed by atoms with Crippen LogP contribution >= 0.6 is 0 Å². The topological polar surface area (TPSA) is 78.0 Å². The smallest absolute Gasteiger partial charge is 0.248 e. The van der Waals surface area contributed by atoms with E-state index in [1.54, 1.807) is 24.4 Å². The van der Waals surface area contributed by atoms with E-state index >= 15 is 0 Å². The summed E-state index contributed by atoms with van der Waals surface area (Å²) in [5.74, 6) is -0.245. The molecule has 0 aliphatic carbocycles. The Morgan fingerprint density at radius 1 is 1.27 bits per heavy atom. The van der Waals surface area contributed by atoms with Crippen LogP contribution < -0.4 is 5.32 Å². The summed E-state index contributed by atoms with van der Waals surface area (Å²) < 4.78 is 0. The Kier molecular flexibility index (Phi) is 3.98. The molecule has 0 bridgehead atoms. The number of aliphatic hydroxyl groups is 1. The van der Waals surface area contributed by atoms with Crippen LogP contribution in [-0.2, 0) is 11.4 Å². The number of fused-ring (bicyclic) bond motifs is 1. The van der Waals surface area contributed by atoms with E-state index < -0.39 is 0 Å². The zero-order chi connectivity index (χ0) is 15.4. The number of aromatic nitrogens is 2. The maximum atomic E-state index is 12.0. The second-order valence-corrected chi connectivity index (χ2v) is 4.85. The van der Waals surface area contributed by atoms with Crippen molar-refractivity contribution >= 4 is 28.6 Å². The molecule has 3 N–H and O–H groups in total. The number of aliphatic hydroxyl groups excluding tert-OH is 1. The van der Waals surface area contributed by atoms with Gasteiger partial charge in [-0.15, -0.1) is 0 Å². The lowest BCUT2D eigenvalue weighted by Gasteiger charge is -2.06. The first-order valence-corrected chi connectivity index (χ1v) is 6.87. The number of para-hydroxylation sites is 1. The van der Waals surface area contributed by atoms with Gasteiger partial charge >= 0.3 is 0 Å². The van der Waals surface area contributed by atoms with Crippen LogP contribution in [-0.4, -0.2) is 21.2 Å². The number of hydrogen-bond donors (Lipinski definition) is 3. The van der Waals surface area contributed by atoms with Gasteiger partial charge in [0.05, 0.1) is 18.3 Å². The highest BCUT2D eigenvalue weighted by molar-refractivity contribution is 6.02. The molecule has 1 amide bonds. The summed E-state index contributed by atoms with van der Waals surface area (Å²) in [6.07, 6.45) is 4.95. The average molecular weight is 293 g/mol. The maximum Gasteiger partial charge on any atom is 0.248 e. The van der Waals surface area contributed by atoms with Crippen LogP contribution in [0.15, 0.2) is 54.7 Å². The van der Waals surface area contributed by atoms with Crippen molar-refractivity contribution in [2.45, 2.75) is 6.61 Å². The van der Waals surface area contributed by atoms with Gasteiger partial charge in [0, 0.05) is 22.7 Å². The van der Waals surface area contributed by atoms with E-state index in [0.717, 1.165) is 16.5 Å². The Bertz CT molecular complexity index is 837. The number of rotatable bonds is 4. The minimum Gasteiger partial charge on any atom is -0.392 e. The van der Waals surface area contributed by atoms with Crippen molar-refractivity contribution in [3.05, 3.63) is 65.9 Å². The second-order valence-electron chi connectivity index (χ2n) is 4.85. The molecule has 2 aromatic carbocycles. The lowest BCUT2D eigenvalue weighted by atomic mass is 10.1. The number of aromatic amines is 1. The minimum absolute atomic E-state index is 0.114. The zero-order valence-electron chi connectivity index (χ0n) is 11.8. The molecule has 0 unspecified atom stereocenters. The molecule has 0 aliphatic rings. The van der Waals surface area contributed by atoms with Gasteiger partial charge in [0.2, 0.25) is 5.91 Å². The van der Waals surface area contributed by atoms with E-state index in [0.29, 0.717) is 11.3 Å². The van der Waals surface area contributed by atoms with Crippen molar-refractivity contribution in [3.63, 3.8) is 0 Å². The number of carbonyl (C=O) groups is 1. The van der Waals surface area contributed by atoms with Crippen LogP contribution in [0.2, 0.25) is 0 Å². The van der Waals surface area contributed by atoms with Crippen molar-refractivity contribution in [3.8, 4) is 0 Å². The van der Waals surface area contributed by atoms with Crippen LogP contribution in [0.1, 0.15) is 11.1 Å². The molecule has 0 atom stereocenters. The molecule has 5 nitrogen and oxygen atoms in total. The molecule has 1 heterocycles. The van der Waals surface area contributed by atoms with Gasteiger partial charge in [-0.3, -0.25) is 9.89 Å². The molecule has 0 spiro atoms. The fourth-order valence-electron chi connectivity index (χ4n) is 2.18. The fraction of sp³-hybridized carbons (Fsp3) is 0.0588. The van der Waals surface area contributed by atoms with E-state index in [1.165, 1.54) is 6.08 Å². The van der Waals surface area contributed by atoms with Crippen LogP contribution in [0.3, 0.4) is 0 Å². The normalized spacial score (nSPS) is 11.1. The van der Waals surface area contributed by atoms with Gasteiger partial charge in [-0.2, -0.15) is 5.10 Å². The highest BCUT2D eigenvalue weighted by Crippen LogP contribution is 2.16. The standard InChI is InChI=1S/C17H15N3O2/c21-11-14-3-1-2-4-15(14)19-17(22)8-6-12-5-7-13-10-18-20-16(13)9-12/h1-10,21H,11H2,(H,18,20)(H,19,22)/b8-6+. The van der Waals surface area contributed by atoms with Gasteiger partial charge in [-0.25, -0.2) is 0 Å². The van der Waals surface area contributed by atoms with E-state index in [-0.39, 0.29) is 12.5 Å². The molecule has 0 fully saturated rings. The third-order valence-corrected chi connectivity index (χ3v) is 3.34. The zero-order valence-corrected chi connectivity index (χ0v) is 11.8. The molecule has 0 saturated heterocycles. The summed E-state index contributed by atoms with van der Waals surface area (Å²) in [6.45, 7) is -0.114. The first kappa shape index (κ1) is 14.0. The average Bonchev–Trinajstić information content (AvgIpc) is 3.01. The van der Waals surface area contributed by atoms with E-state index in [9.17, 15) is 9.90 Å². The van der Waals surface area contributed by atoms with E-state index in [2.05, 4.69) is 15.5 Å². The molecule has 1 aromatic heterocycles. The summed E-state index contributed by atoms with van der Waals surface area (Å²) in [7, 11) is 0. The maximum absolute atomic E-state index is 12.0. The summed E-state index contributed by atoms with van der Waals surface area (Å²) >= 11 is 0. The fourth-order valence-corrected chi connectivity index (χ4v) is 2.18. The number of carbonyl (C=O) groups excluding carboxylic acids is 1. The minimum atomic E-state index is -0.245. The highest BCUT2D eigenvalue weighted by Gasteiger charge is 2.03. The summed E-state index contributed by atoms with van der Waals surface area (Å²) in [5, 5.41) is 19.9. The van der Waals surface area contributed by atoms with Crippen molar-refractivity contribution < 1.29 is 9.90 Å². The highest BCUT2D eigenvalue weighted by atomic mass is 16.3. The Hall–Kier alpha value is -2.92.